The lowest BCUT2D eigenvalue weighted by Crippen LogP contribution is -2.03. The molecule has 2 nitrogen and oxygen atoms in total. The molecule has 0 N–H and O–H groups in total. The first-order chi connectivity index (χ1) is 15.8. The van der Waals surface area contributed by atoms with Crippen molar-refractivity contribution in [3.63, 3.8) is 0 Å². The fourth-order valence-electron chi connectivity index (χ4n) is 4.64. The highest BCUT2D eigenvalue weighted by molar-refractivity contribution is 5.69. The summed E-state index contributed by atoms with van der Waals surface area (Å²) in [5, 5.41) is 0. The molecule has 0 bridgehead atoms. The Kier molecular flexibility index (Phi) is 28.0. The van der Waals surface area contributed by atoms with E-state index in [-0.39, 0.29) is 5.97 Å². The molecule has 0 spiro atoms. The monoisotopic (exact) mass is 452 g/mol. The van der Waals surface area contributed by atoms with Crippen LogP contribution in [-0.4, -0.2) is 12.6 Å². The standard InChI is InChI=1S/C30H60O2/c1-3-5-6-7-8-9-10-11-12-13-14-15-16-17-18-19-20-21-22-23-24-25-26-27-28-29-30(31)32-4-2/h3-29H2,1-2H3. The Balaban J connectivity index is 3.03. The predicted molar refractivity (Wildman–Crippen MR) is 142 cm³/mol. The van der Waals surface area contributed by atoms with Gasteiger partial charge in [-0.15, -0.1) is 0 Å². The van der Waals surface area contributed by atoms with Gasteiger partial charge in [-0.25, -0.2) is 0 Å². The van der Waals surface area contributed by atoms with Crippen LogP contribution in [0.15, 0.2) is 0 Å². The van der Waals surface area contributed by atoms with Crippen molar-refractivity contribution in [2.45, 2.75) is 181 Å². The predicted octanol–water partition coefficient (Wildman–Crippen LogP) is 10.7. The zero-order valence-corrected chi connectivity index (χ0v) is 22.4. The quantitative estimate of drug-likeness (QED) is 0.0914. The van der Waals surface area contributed by atoms with Crippen LogP contribution >= 0.6 is 0 Å². The third-order valence-corrected chi connectivity index (χ3v) is 6.79. The maximum atomic E-state index is 11.3. The van der Waals surface area contributed by atoms with E-state index in [0.717, 1.165) is 6.42 Å². The van der Waals surface area contributed by atoms with Gasteiger partial charge in [-0.2, -0.15) is 0 Å². The van der Waals surface area contributed by atoms with Gasteiger partial charge in [-0.1, -0.05) is 161 Å². The van der Waals surface area contributed by atoms with Crippen LogP contribution in [0.4, 0.5) is 0 Å². The van der Waals surface area contributed by atoms with Crippen LogP contribution in [0.1, 0.15) is 181 Å². The van der Waals surface area contributed by atoms with Crippen molar-refractivity contribution in [3.8, 4) is 0 Å². The first kappa shape index (κ1) is 31.5. The molecule has 0 aromatic carbocycles. The minimum atomic E-state index is -0.0263. The summed E-state index contributed by atoms with van der Waals surface area (Å²) in [6, 6.07) is 0. The summed E-state index contributed by atoms with van der Waals surface area (Å²) in [5.41, 5.74) is 0. The SMILES string of the molecule is CCCCCCCCCCCCCCCCCCCCCCCCCCCC(=O)OCC. The van der Waals surface area contributed by atoms with E-state index in [0.29, 0.717) is 13.0 Å². The van der Waals surface area contributed by atoms with Crippen LogP contribution < -0.4 is 0 Å². The van der Waals surface area contributed by atoms with Gasteiger partial charge in [0, 0.05) is 6.42 Å². The molecule has 0 aliphatic heterocycles. The van der Waals surface area contributed by atoms with Crippen LogP contribution in [0.3, 0.4) is 0 Å². The van der Waals surface area contributed by atoms with E-state index in [2.05, 4.69) is 6.92 Å². The van der Waals surface area contributed by atoms with Gasteiger partial charge < -0.3 is 4.74 Å². The van der Waals surface area contributed by atoms with Gasteiger partial charge in [0.05, 0.1) is 6.61 Å². The molecule has 0 saturated carbocycles. The molecule has 0 aliphatic carbocycles. The van der Waals surface area contributed by atoms with Crippen molar-refractivity contribution in [1.82, 2.24) is 0 Å². The summed E-state index contributed by atoms with van der Waals surface area (Å²) in [6.45, 7) is 4.68. The minimum absolute atomic E-state index is 0.0263. The van der Waals surface area contributed by atoms with Crippen LogP contribution in [0.5, 0.6) is 0 Å². The molecule has 0 unspecified atom stereocenters. The van der Waals surface area contributed by atoms with Crippen molar-refractivity contribution < 1.29 is 9.53 Å². The average molecular weight is 453 g/mol. The maximum Gasteiger partial charge on any atom is 0.305 e. The largest absolute Gasteiger partial charge is 0.466 e. The normalized spacial score (nSPS) is 11.2. The lowest BCUT2D eigenvalue weighted by atomic mass is 10.0. The maximum absolute atomic E-state index is 11.3. The summed E-state index contributed by atoms with van der Waals surface area (Å²) in [6.07, 6.45) is 35.8. The lowest BCUT2D eigenvalue weighted by molar-refractivity contribution is -0.143. The second-order valence-electron chi connectivity index (χ2n) is 10.0. The van der Waals surface area contributed by atoms with E-state index >= 15 is 0 Å². The number of esters is 1. The van der Waals surface area contributed by atoms with Gasteiger partial charge in [0.1, 0.15) is 0 Å². The minimum Gasteiger partial charge on any atom is -0.466 e. The molecular formula is C30H60O2. The van der Waals surface area contributed by atoms with Crippen molar-refractivity contribution in [2.75, 3.05) is 6.61 Å². The van der Waals surface area contributed by atoms with Crippen LogP contribution in [-0.2, 0) is 9.53 Å². The number of unbranched alkanes of at least 4 members (excludes halogenated alkanes) is 24. The topological polar surface area (TPSA) is 26.3 Å². The molecule has 0 saturated heterocycles. The summed E-state index contributed by atoms with van der Waals surface area (Å²) in [7, 11) is 0. The lowest BCUT2D eigenvalue weighted by Gasteiger charge is -2.04. The van der Waals surface area contributed by atoms with Gasteiger partial charge in [0.25, 0.3) is 0 Å². The van der Waals surface area contributed by atoms with E-state index in [9.17, 15) is 4.79 Å². The third kappa shape index (κ3) is 27.5. The number of carbonyl (C=O) groups excluding carboxylic acids is 1. The highest BCUT2D eigenvalue weighted by Gasteiger charge is 2.00. The van der Waals surface area contributed by atoms with E-state index in [1.807, 2.05) is 6.92 Å². The second kappa shape index (κ2) is 28.5. The first-order valence-corrected chi connectivity index (χ1v) is 15.0. The molecule has 0 rings (SSSR count). The van der Waals surface area contributed by atoms with Crippen molar-refractivity contribution in [3.05, 3.63) is 0 Å². The summed E-state index contributed by atoms with van der Waals surface area (Å²) in [4.78, 5) is 11.3. The Hall–Kier alpha value is -0.530. The molecule has 0 heterocycles. The highest BCUT2D eigenvalue weighted by atomic mass is 16.5. The Morgan fingerprint density at radius 3 is 0.906 bits per heavy atom. The summed E-state index contributed by atoms with van der Waals surface area (Å²) in [5.74, 6) is -0.0263. The molecule has 0 radical (unpaired) electrons. The van der Waals surface area contributed by atoms with E-state index in [1.54, 1.807) is 0 Å². The molecule has 0 fully saturated rings. The number of rotatable bonds is 27. The fraction of sp³-hybridized carbons (Fsp3) is 0.967. The van der Waals surface area contributed by atoms with Crippen molar-refractivity contribution >= 4 is 5.97 Å². The van der Waals surface area contributed by atoms with Gasteiger partial charge in [-0.05, 0) is 13.3 Å². The summed E-state index contributed by atoms with van der Waals surface area (Å²) < 4.78 is 4.96. The van der Waals surface area contributed by atoms with Crippen molar-refractivity contribution in [1.29, 1.82) is 0 Å². The molecule has 192 valence electrons. The van der Waals surface area contributed by atoms with Crippen LogP contribution in [0.25, 0.3) is 0 Å². The average Bonchev–Trinajstić information content (AvgIpc) is 2.79. The molecule has 0 aromatic heterocycles. The summed E-state index contributed by atoms with van der Waals surface area (Å²) >= 11 is 0. The molecule has 32 heavy (non-hydrogen) atoms. The number of carbonyl (C=O) groups is 1. The van der Waals surface area contributed by atoms with Gasteiger partial charge in [-0.3, -0.25) is 4.79 Å². The molecule has 0 amide bonds. The fourth-order valence-corrected chi connectivity index (χ4v) is 4.64. The van der Waals surface area contributed by atoms with Gasteiger partial charge in [0.15, 0.2) is 0 Å². The van der Waals surface area contributed by atoms with Crippen LogP contribution in [0.2, 0.25) is 0 Å². The van der Waals surface area contributed by atoms with E-state index in [4.69, 9.17) is 4.74 Å². The molecule has 0 aromatic rings. The third-order valence-electron chi connectivity index (χ3n) is 6.79. The second-order valence-corrected chi connectivity index (χ2v) is 10.0. The first-order valence-electron chi connectivity index (χ1n) is 15.0. The van der Waals surface area contributed by atoms with E-state index in [1.165, 1.54) is 154 Å². The smallest absolute Gasteiger partial charge is 0.305 e. The zero-order chi connectivity index (χ0) is 23.4. The molecule has 2 heteroatoms. The molecule has 0 aliphatic rings. The Morgan fingerprint density at radius 1 is 0.406 bits per heavy atom. The van der Waals surface area contributed by atoms with Gasteiger partial charge in [0.2, 0.25) is 0 Å². The highest BCUT2D eigenvalue weighted by Crippen LogP contribution is 2.16. The Bertz CT molecular complexity index is 353. The number of hydrogen-bond donors (Lipinski definition) is 0. The molecular weight excluding hydrogens is 392 g/mol. The zero-order valence-electron chi connectivity index (χ0n) is 22.4. The van der Waals surface area contributed by atoms with Crippen LogP contribution in [0, 0.1) is 0 Å². The van der Waals surface area contributed by atoms with Gasteiger partial charge >= 0.3 is 5.97 Å². The number of ether oxygens (including phenoxy) is 1. The Labute approximate surface area is 203 Å². The number of hydrogen-bond acceptors (Lipinski definition) is 2. The van der Waals surface area contributed by atoms with Crippen molar-refractivity contribution in [2.24, 2.45) is 0 Å². The van der Waals surface area contributed by atoms with E-state index < -0.39 is 0 Å². The Morgan fingerprint density at radius 2 is 0.656 bits per heavy atom. The molecule has 0 atom stereocenters.